The lowest BCUT2D eigenvalue weighted by molar-refractivity contribution is 0.0460. The Morgan fingerprint density at radius 3 is 2.84 bits per heavy atom. The predicted molar refractivity (Wildman–Crippen MR) is 112 cm³/mol. The summed E-state index contributed by atoms with van der Waals surface area (Å²) < 4.78 is 19.6. The van der Waals surface area contributed by atoms with E-state index >= 15 is 0 Å². The van der Waals surface area contributed by atoms with Crippen LogP contribution in [0.25, 0.3) is 16.7 Å². The highest BCUT2D eigenvalue weighted by atomic mass is 35.5. The topological polar surface area (TPSA) is 97.0 Å². The molecule has 0 bridgehead atoms. The molecular weight excluding hydrogens is 424 g/mol. The van der Waals surface area contributed by atoms with Crippen LogP contribution < -0.4 is 15.0 Å². The van der Waals surface area contributed by atoms with Gasteiger partial charge in [0.05, 0.1) is 21.5 Å². The molecule has 5 rings (SSSR count). The minimum atomic E-state index is -0.597. The summed E-state index contributed by atoms with van der Waals surface area (Å²) in [5.41, 5.74) is 1.66. The Bertz CT molecular complexity index is 1430. The SMILES string of the molecule is Cc1ccc2c(c1)c(=O)n(C)c1nnc(COC(=O)c3cc(Cl)c4c(c3)OCCO4)n21. The van der Waals surface area contributed by atoms with Gasteiger partial charge in [-0.3, -0.25) is 13.8 Å². The van der Waals surface area contributed by atoms with Crippen molar-refractivity contribution >= 4 is 34.3 Å². The first-order chi connectivity index (χ1) is 14.9. The van der Waals surface area contributed by atoms with E-state index in [9.17, 15) is 9.59 Å². The van der Waals surface area contributed by atoms with Gasteiger partial charge in [-0.05, 0) is 31.2 Å². The second-order valence-electron chi connectivity index (χ2n) is 7.19. The van der Waals surface area contributed by atoms with E-state index in [1.165, 1.54) is 16.7 Å². The molecule has 0 saturated heterocycles. The molecule has 158 valence electrons. The zero-order valence-corrected chi connectivity index (χ0v) is 17.5. The van der Waals surface area contributed by atoms with E-state index < -0.39 is 5.97 Å². The van der Waals surface area contributed by atoms with Crippen LogP contribution in [0.3, 0.4) is 0 Å². The molecule has 0 amide bonds. The van der Waals surface area contributed by atoms with Crippen LogP contribution in [0.4, 0.5) is 0 Å². The highest BCUT2D eigenvalue weighted by molar-refractivity contribution is 6.32. The van der Waals surface area contributed by atoms with E-state index in [4.69, 9.17) is 25.8 Å². The number of fused-ring (bicyclic) bond motifs is 4. The Kier molecular flexibility index (Phi) is 4.55. The second-order valence-corrected chi connectivity index (χ2v) is 7.60. The molecule has 9 nitrogen and oxygen atoms in total. The average Bonchev–Trinajstić information content (AvgIpc) is 3.20. The van der Waals surface area contributed by atoms with Crippen LogP contribution in [0.2, 0.25) is 5.02 Å². The molecule has 3 heterocycles. The summed E-state index contributed by atoms with van der Waals surface area (Å²) in [4.78, 5) is 25.3. The number of aromatic nitrogens is 4. The summed E-state index contributed by atoms with van der Waals surface area (Å²) in [7, 11) is 1.63. The van der Waals surface area contributed by atoms with Gasteiger partial charge in [-0.25, -0.2) is 4.79 Å². The monoisotopic (exact) mass is 440 g/mol. The molecule has 31 heavy (non-hydrogen) atoms. The number of nitrogens with zero attached hydrogens (tertiary/aromatic N) is 4. The fraction of sp³-hybridized carbons (Fsp3) is 0.238. The van der Waals surface area contributed by atoms with E-state index in [1.54, 1.807) is 11.4 Å². The van der Waals surface area contributed by atoms with Crippen molar-refractivity contribution in [2.45, 2.75) is 13.5 Å². The lowest BCUT2D eigenvalue weighted by Gasteiger charge is -2.19. The Balaban J connectivity index is 1.49. The van der Waals surface area contributed by atoms with Gasteiger partial charge in [0.25, 0.3) is 5.56 Å². The molecule has 0 saturated carbocycles. The number of halogens is 1. The molecule has 1 aliphatic heterocycles. The first-order valence-corrected chi connectivity index (χ1v) is 9.91. The number of hydrogen-bond donors (Lipinski definition) is 0. The average molecular weight is 441 g/mol. The molecule has 10 heteroatoms. The van der Waals surface area contributed by atoms with Crippen molar-refractivity contribution in [2.24, 2.45) is 7.05 Å². The number of benzene rings is 2. The summed E-state index contributed by atoms with van der Waals surface area (Å²) in [5, 5.41) is 9.03. The molecule has 0 fully saturated rings. The molecule has 0 spiro atoms. The molecule has 0 aliphatic carbocycles. The normalized spacial score (nSPS) is 13.0. The molecule has 0 N–H and O–H groups in total. The first kappa shape index (κ1) is 19.4. The van der Waals surface area contributed by atoms with Crippen LogP contribution in [0, 0.1) is 6.92 Å². The van der Waals surface area contributed by atoms with Crippen molar-refractivity contribution < 1.29 is 19.0 Å². The smallest absolute Gasteiger partial charge is 0.338 e. The molecule has 0 radical (unpaired) electrons. The number of carbonyl (C=O) groups is 1. The summed E-state index contributed by atoms with van der Waals surface area (Å²) in [6.07, 6.45) is 0. The quantitative estimate of drug-likeness (QED) is 0.452. The standard InChI is InChI=1S/C21H17ClN4O5/c1-11-3-4-15-13(7-11)19(27)25(2)21-24-23-17(26(15)21)10-31-20(28)12-8-14(22)18-16(9-12)29-5-6-30-18/h3-4,7-9H,5-6,10H2,1-2H3. The van der Waals surface area contributed by atoms with Gasteiger partial charge >= 0.3 is 5.97 Å². The van der Waals surface area contributed by atoms with Gasteiger partial charge in [-0.1, -0.05) is 23.2 Å². The van der Waals surface area contributed by atoms with Gasteiger partial charge < -0.3 is 14.2 Å². The van der Waals surface area contributed by atoms with Crippen LogP contribution >= 0.6 is 11.6 Å². The Morgan fingerprint density at radius 1 is 1.19 bits per heavy atom. The van der Waals surface area contributed by atoms with Crippen LogP contribution in [-0.2, 0) is 18.4 Å². The molecule has 2 aromatic heterocycles. The lowest BCUT2D eigenvalue weighted by atomic mass is 10.1. The maximum absolute atomic E-state index is 12.7. The second kappa shape index (κ2) is 7.28. The minimum Gasteiger partial charge on any atom is -0.486 e. The van der Waals surface area contributed by atoms with Crippen molar-refractivity contribution in [3.63, 3.8) is 0 Å². The van der Waals surface area contributed by atoms with E-state index in [1.807, 2.05) is 25.1 Å². The number of ether oxygens (including phenoxy) is 3. The number of esters is 1. The lowest BCUT2D eigenvalue weighted by Crippen LogP contribution is -2.20. The fourth-order valence-electron chi connectivity index (χ4n) is 3.59. The zero-order valence-electron chi connectivity index (χ0n) is 16.7. The summed E-state index contributed by atoms with van der Waals surface area (Å²) >= 11 is 6.21. The van der Waals surface area contributed by atoms with Crippen molar-refractivity contribution in [3.8, 4) is 11.5 Å². The zero-order chi connectivity index (χ0) is 21.7. The van der Waals surface area contributed by atoms with Gasteiger partial charge in [0.15, 0.2) is 23.9 Å². The number of carbonyl (C=O) groups excluding carboxylic acids is 1. The number of hydrogen-bond acceptors (Lipinski definition) is 7. The minimum absolute atomic E-state index is 0.146. The summed E-state index contributed by atoms with van der Waals surface area (Å²) in [5.74, 6) is 0.956. The third kappa shape index (κ3) is 3.17. The highest BCUT2D eigenvalue weighted by Crippen LogP contribution is 2.38. The third-order valence-electron chi connectivity index (χ3n) is 5.11. The molecular formula is C21H17ClN4O5. The Labute approximate surface area is 180 Å². The van der Waals surface area contributed by atoms with Crippen molar-refractivity contribution in [3.05, 3.63) is 62.7 Å². The van der Waals surface area contributed by atoms with Gasteiger partial charge in [0, 0.05) is 7.05 Å². The third-order valence-corrected chi connectivity index (χ3v) is 5.39. The van der Waals surface area contributed by atoms with Crippen LogP contribution in [0.1, 0.15) is 21.7 Å². The Hall–Kier alpha value is -3.59. The van der Waals surface area contributed by atoms with Crippen LogP contribution in [0.15, 0.2) is 35.1 Å². The summed E-state index contributed by atoms with van der Waals surface area (Å²) in [6.45, 7) is 2.54. The summed E-state index contributed by atoms with van der Waals surface area (Å²) in [6, 6.07) is 8.54. The highest BCUT2D eigenvalue weighted by Gasteiger charge is 2.21. The Morgan fingerprint density at radius 2 is 2.00 bits per heavy atom. The molecule has 0 atom stereocenters. The van der Waals surface area contributed by atoms with Crippen LogP contribution in [-0.4, -0.2) is 38.3 Å². The van der Waals surface area contributed by atoms with E-state index in [0.29, 0.717) is 47.2 Å². The van der Waals surface area contributed by atoms with E-state index in [2.05, 4.69) is 10.2 Å². The molecule has 1 aliphatic rings. The molecule has 0 unspecified atom stereocenters. The maximum Gasteiger partial charge on any atom is 0.338 e. The first-order valence-electron chi connectivity index (χ1n) is 9.53. The van der Waals surface area contributed by atoms with Crippen LogP contribution in [0.5, 0.6) is 11.5 Å². The van der Waals surface area contributed by atoms with Gasteiger partial charge in [-0.15, -0.1) is 10.2 Å². The number of aryl methyl sites for hydroxylation is 2. The molecule has 4 aromatic rings. The van der Waals surface area contributed by atoms with Crippen molar-refractivity contribution in [1.82, 2.24) is 19.2 Å². The number of rotatable bonds is 3. The van der Waals surface area contributed by atoms with Gasteiger partial charge in [0.1, 0.15) is 13.2 Å². The van der Waals surface area contributed by atoms with E-state index in [0.717, 1.165) is 5.56 Å². The van der Waals surface area contributed by atoms with E-state index in [-0.39, 0.29) is 22.8 Å². The predicted octanol–water partition coefficient (Wildman–Crippen LogP) is 2.67. The maximum atomic E-state index is 12.7. The van der Waals surface area contributed by atoms with Crippen molar-refractivity contribution in [1.29, 1.82) is 0 Å². The molecule has 2 aromatic carbocycles. The largest absolute Gasteiger partial charge is 0.486 e. The van der Waals surface area contributed by atoms with Crippen molar-refractivity contribution in [2.75, 3.05) is 13.2 Å². The van der Waals surface area contributed by atoms with Gasteiger partial charge in [-0.2, -0.15) is 0 Å². The fourth-order valence-corrected chi connectivity index (χ4v) is 3.86. The van der Waals surface area contributed by atoms with Gasteiger partial charge in [0.2, 0.25) is 5.78 Å².